The molecule has 2 fully saturated rings. The molecule has 0 aromatic heterocycles. The summed E-state index contributed by atoms with van der Waals surface area (Å²) in [4.78, 5) is 0. The molecule has 130 valence electrons. The smallest absolute Gasteiger partial charge is 0.190 e. The molecule has 2 rings (SSSR count). The zero-order valence-corrected chi connectivity index (χ0v) is 11.8. The standard InChI is InChI=1S/C12H22O10/c1-4-11(19,8(16)5(14)3-21-4)12(20)9(17)7(15)6(2-13)22-10(12)18/h4-10,13-20H,2-3H2,1H3/t4-,5+,6-,7-,8-,9+,10+,11+,12-/m1/s1. The van der Waals surface area contributed by atoms with Crippen LogP contribution < -0.4 is 0 Å². The lowest BCUT2D eigenvalue weighted by atomic mass is 9.66. The Kier molecular flexibility index (Phi) is 4.82. The van der Waals surface area contributed by atoms with Gasteiger partial charge in [-0.05, 0) is 6.92 Å². The van der Waals surface area contributed by atoms with Crippen molar-refractivity contribution in [2.75, 3.05) is 13.2 Å². The minimum Gasteiger partial charge on any atom is -0.394 e. The van der Waals surface area contributed by atoms with E-state index in [0.29, 0.717) is 0 Å². The molecule has 2 heterocycles. The van der Waals surface area contributed by atoms with Crippen LogP contribution in [-0.2, 0) is 9.47 Å². The average Bonchev–Trinajstić information content (AvgIpc) is 2.50. The maximum absolute atomic E-state index is 10.7. The van der Waals surface area contributed by atoms with Gasteiger partial charge in [0.15, 0.2) is 17.5 Å². The summed E-state index contributed by atoms with van der Waals surface area (Å²) in [6.07, 6.45) is -12.6. The molecule has 22 heavy (non-hydrogen) atoms. The highest BCUT2D eigenvalue weighted by atomic mass is 16.6. The molecule has 0 unspecified atom stereocenters. The van der Waals surface area contributed by atoms with Crippen LogP contribution in [0.15, 0.2) is 0 Å². The third-order valence-corrected chi connectivity index (χ3v) is 4.61. The van der Waals surface area contributed by atoms with Crippen molar-refractivity contribution in [2.24, 2.45) is 0 Å². The van der Waals surface area contributed by atoms with Gasteiger partial charge in [-0.15, -0.1) is 0 Å². The lowest BCUT2D eigenvalue weighted by Gasteiger charge is -2.58. The second-order valence-electron chi connectivity index (χ2n) is 5.78. The van der Waals surface area contributed by atoms with E-state index in [9.17, 15) is 35.7 Å². The molecule has 0 saturated carbocycles. The fourth-order valence-electron chi connectivity index (χ4n) is 3.10. The van der Waals surface area contributed by atoms with Gasteiger partial charge in [-0.2, -0.15) is 0 Å². The summed E-state index contributed by atoms with van der Waals surface area (Å²) in [7, 11) is 0. The first-order valence-corrected chi connectivity index (χ1v) is 6.85. The van der Waals surface area contributed by atoms with Crippen molar-refractivity contribution in [1.29, 1.82) is 0 Å². The molecule has 0 aliphatic carbocycles. The lowest BCUT2D eigenvalue weighted by molar-refractivity contribution is -0.404. The van der Waals surface area contributed by atoms with Gasteiger partial charge < -0.3 is 50.3 Å². The Morgan fingerprint density at radius 3 is 2.14 bits per heavy atom. The fraction of sp³-hybridized carbons (Fsp3) is 1.00. The molecule has 2 saturated heterocycles. The predicted molar refractivity (Wildman–Crippen MR) is 67.3 cm³/mol. The first kappa shape index (κ1) is 17.9. The molecule has 0 aromatic rings. The SMILES string of the molecule is C[C@H]1OC[C@H](O)[C@@H](O)[C@]1(O)[C@]1(O)[C@@H](O)O[C@H](CO)[C@@H](O)[C@@H]1O. The molecule has 10 heteroatoms. The van der Waals surface area contributed by atoms with E-state index in [1.807, 2.05) is 0 Å². The van der Waals surface area contributed by atoms with Crippen molar-refractivity contribution < 1.29 is 50.3 Å². The molecule has 2 aliphatic rings. The summed E-state index contributed by atoms with van der Waals surface area (Å²) in [6.45, 7) is 0.146. The van der Waals surface area contributed by atoms with Crippen LogP contribution >= 0.6 is 0 Å². The Balaban J connectivity index is 2.46. The molecule has 0 spiro atoms. The van der Waals surface area contributed by atoms with Gasteiger partial charge in [-0.25, -0.2) is 0 Å². The number of aliphatic hydroxyl groups excluding tert-OH is 6. The zero-order valence-electron chi connectivity index (χ0n) is 11.8. The highest BCUT2D eigenvalue weighted by Crippen LogP contribution is 2.44. The van der Waals surface area contributed by atoms with Gasteiger partial charge in [-0.1, -0.05) is 0 Å². The largest absolute Gasteiger partial charge is 0.394 e. The molecule has 0 radical (unpaired) electrons. The maximum atomic E-state index is 10.7. The number of ether oxygens (including phenoxy) is 2. The van der Waals surface area contributed by atoms with Gasteiger partial charge in [0.1, 0.15) is 30.5 Å². The summed E-state index contributed by atoms with van der Waals surface area (Å²) < 4.78 is 9.87. The minimum absolute atomic E-state index is 0.338. The van der Waals surface area contributed by atoms with Crippen LogP contribution in [0.5, 0.6) is 0 Å². The molecular formula is C12H22O10. The number of hydrogen-bond acceptors (Lipinski definition) is 10. The Labute approximate surface area is 125 Å². The summed E-state index contributed by atoms with van der Waals surface area (Å²) >= 11 is 0. The minimum atomic E-state index is -2.97. The van der Waals surface area contributed by atoms with E-state index >= 15 is 0 Å². The lowest BCUT2D eigenvalue weighted by Crippen LogP contribution is -2.83. The Morgan fingerprint density at radius 1 is 1.00 bits per heavy atom. The van der Waals surface area contributed by atoms with E-state index in [0.717, 1.165) is 0 Å². The van der Waals surface area contributed by atoms with Crippen molar-refractivity contribution in [3.8, 4) is 0 Å². The maximum Gasteiger partial charge on any atom is 0.190 e. The second-order valence-corrected chi connectivity index (χ2v) is 5.78. The number of rotatable bonds is 2. The highest BCUT2D eigenvalue weighted by molar-refractivity contribution is 5.18. The fourth-order valence-corrected chi connectivity index (χ4v) is 3.10. The van der Waals surface area contributed by atoms with Crippen LogP contribution in [0.1, 0.15) is 6.92 Å². The summed E-state index contributed by atoms with van der Waals surface area (Å²) in [5.41, 5.74) is -5.72. The average molecular weight is 326 g/mol. The van der Waals surface area contributed by atoms with Crippen molar-refractivity contribution in [3.63, 3.8) is 0 Å². The molecule has 2 aliphatic heterocycles. The van der Waals surface area contributed by atoms with Crippen molar-refractivity contribution in [2.45, 2.75) is 61.0 Å². The summed E-state index contributed by atoms with van der Waals surface area (Å²) in [6, 6.07) is 0. The van der Waals surface area contributed by atoms with Gasteiger partial charge in [-0.3, -0.25) is 0 Å². The molecular weight excluding hydrogens is 304 g/mol. The van der Waals surface area contributed by atoms with E-state index in [1.54, 1.807) is 0 Å². The molecule has 0 amide bonds. The number of aliphatic hydroxyl groups is 8. The molecule has 10 nitrogen and oxygen atoms in total. The van der Waals surface area contributed by atoms with E-state index in [2.05, 4.69) is 0 Å². The van der Waals surface area contributed by atoms with Crippen LogP contribution in [0.4, 0.5) is 0 Å². The van der Waals surface area contributed by atoms with Gasteiger partial charge in [0.2, 0.25) is 0 Å². The zero-order chi connectivity index (χ0) is 16.9. The summed E-state index contributed by atoms with van der Waals surface area (Å²) in [5.74, 6) is 0. The van der Waals surface area contributed by atoms with Gasteiger partial charge in [0.25, 0.3) is 0 Å². The van der Waals surface area contributed by atoms with Gasteiger partial charge in [0.05, 0.1) is 19.3 Å². The van der Waals surface area contributed by atoms with Gasteiger partial charge in [0, 0.05) is 0 Å². The van der Waals surface area contributed by atoms with Crippen molar-refractivity contribution in [1.82, 2.24) is 0 Å². The van der Waals surface area contributed by atoms with E-state index < -0.39 is 60.7 Å². The van der Waals surface area contributed by atoms with Crippen LogP contribution in [0, 0.1) is 0 Å². The Morgan fingerprint density at radius 2 is 1.59 bits per heavy atom. The first-order chi connectivity index (χ1) is 10.1. The second kappa shape index (κ2) is 5.91. The van der Waals surface area contributed by atoms with Crippen molar-refractivity contribution >= 4 is 0 Å². The van der Waals surface area contributed by atoms with Crippen LogP contribution in [0.25, 0.3) is 0 Å². The Bertz CT molecular complexity index is 407. The topological polar surface area (TPSA) is 180 Å². The first-order valence-electron chi connectivity index (χ1n) is 6.85. The summed E-state index contributed by atoms with van der Waals surface area (Å²) in [5, 5.41) is 80.2. The van der Waals surface area contributed by atoms with Crippen LogP contribution in [-0.4, -0.2) is 108 Å². The normalized spacial score (nSPS) is 56.9. The molecule has 8 N–H and O–H groups in total. The van der Waals surface area contributed by atoms with Crippen LogP contribution in [0.2, 0.25) is 0 Å². The van der Waals surface area contributed by atoms with Crippen LogP contribution in [0.3, 0.4) is 0 Å². The van der Waals surface area contributed by atoms with E-state index in [-0.39, 0.29) is 6.61 Å². The molecule has 9 atom stereocenters. The third kappa shape index (κ3) is 2.19. The molecule has 0 aromatic carbocycles. The van der Waals surface area contributed by atoms with Gasteiger partial charge >= 0.3 is 0 Å². The third-order valence-electron chi connectivity index (χ3n) is 4.61. The quantitative estimate of drug-likeness (QED) is 0.245. The number of hydrogen-bond donors (Lipinski definition) is 8. The predicted octanol–water partition coefficient (Wildman–Crippen LogP) is -4.98. The van der Waals surface area contributed by atoms with E-state index in [1.165, 1.54) is 6.92 Å². The van der Waals surface area contributed by atoms with E-state index in [4.69, 9.17) is 14.6 Å². The Hall–Kier alpha value is -0.400. The highest BCUT2D eigenvalue weighted by Gasteiger charge is 2.71. The monoisotopic (exact) mass is 326 g/mol. The van der Waals surface area contributed by atoms with Crippen molar-refractivity contribution in [3.05, 3.63) is 0 Å². The molecule has 0 bridgehead atoms.